The SMILES string of the molecule is Cc1ccc(C(C)(C)C)cc1-c1cc(C(C)(C)C)cc[n+]1-[n+]1ccc(-c2c(C)cccc2C)cc1-c1c(C)ccc2c1C(C)(C)c1c-2ccc2ccccc12. The van der Waals surface area contributed by atoms with E-state index in [-0.39, 0.29) is 16.2 Å². The molecule has 0 saturated heterocycles. The summed E-state index contributed by atoms with van der Waals surface area (Å²) in [7, 11) is 0. The molecule has 0 radical (unpaired) electrons. The summed E-state index contributed by atoms with van der Waals surface area (Å²) in [5.74, 6) is 0. The Bertz CT molecular complexity index is 2650. The molecule has 2 heteroatoms. The minimum atomic E-state index is -0.236. The van der Waals surface area contributed by atoms with E-state index in [0.717, 1.165) is 0 Å². The quantitative estimate of drug-likeness (QED) is 0.160. The fraction of sp³-hybridized carbons (Fsp3) is 0.283. The van der Waals surface area contributed by atoms with Crippen LogP contribution < -0.4 is 9.35 Å². The second-order valence-corrected chi connectivity index (χ2v) is 18.6. The lowest BCUT2D eigenvalue weighted by molar-refractivity contribution is -1.29. The minimum Gasteiger partial charge on any atom is -0.0617 e. The lowest BCUT2D eigenvalue weighted by atomic mass is 9.77. The summed E-state index contributed by atoms with van der Waals surface area (Å²) in [6, 6.07) is 41.5. The number of hydrogen-bond donors (Lipinski definition) is 0. The third-order valence-electron chi connectivity index (χ3n) is 12.3. The molecule has 1 aliphatic rings. The molecular weight excluding hydrogens is 665 g/mol. The van der Waals surface area contributed by atoms with Gasteiger partial charge in [-0.15, -0.1) is 0 Å². The van der Waals surface area contributed by atoms with Crippen LogP contribution in [0.2, 0.25) is 0 Å². The van der Waals surface area contributed by atoms with Crippen LogP contribution in [-0.2, 0) is 16.2 Å². The van der Waals surface area contributed by atoms with Gasteiger partial charge in [0, 0.05) is 29.7 Å². The molecule has 0 spiro atoms. The first kappa shape index (κ1) is 36.6. The highest BCUT2D eigenvalue weighted by atomic mass is 15.4. The summed E-state index contributed by atoms with van der Waals surface area (Å²) < 4.78 is 4.82. The van der Waals surface area contributed by atoms with E-state index in [1.807, 2.05) is 0 Å². The predicted molar refractivity (Wildman–Crippen MR) is 232 cm³/mol. The summed E-state index contributed by atoms with van der Waals surface area (Å²) in [6.45, 7) is 27.8. The van der Waals surface area contributed by atoms with Crippen LogP contribution in [-0.4, -0.2) is 0 Å². The molecule has 5 aromatic carbocycles. The largest absolute Gasteiger partial charge is 0.285 e. The van der Waals surface area contributed by atoms with E-state index in [0.29, 0.717) is 0 Å². The molecule has 0 unspecified atom stereocenters. The van der Waals surface area contributed by atoms with E-state index in [4.69, 9.17) is 0 Å². The molecule has 2 heterocycles. The van der Waals surface area contributed by atoms with E-state index >= 15 is 0 Å². The fourth-order valence-corrected chi connectivity index (χ4v) is 9.21. The molecular formula is C53H56N2+2. The molecule has 0 N–H and O–H groups in total. The molecule has 55 heavy (non-hydrogen) atoms. The van der Waals surface area contributed by atoms with Gasteiger partial charge in [-0.1, -0.05) is 134 Å². The van der Waals surface area contributed by atoms with Crippen molar-refractivity contribution in [2.45, 2.75) is 99.3 Å². The van der Waals surface area contributed by atoms with Gasteiger partial charge in [0.05, 0.1) is 20.5 Å². The molecule has 2 nitrogen and oxygen atoms in total. The number of aryl methyl sites for hydroxylation is 4. The molecule has 0 fully saturated rings. The topological polar surface area (TPSA) is 7.76 Å². The average molecular weight is 721 g/mol. The Morgan fingerprint density at radius 3 is 1.75 bits per heavy atom. The zero-order valence-electron chi connectivity index (χ0n) is 34.9. The molecule has 2 aromatic heterocycles. The second kappa shape index (κ2) is 12.9. The second-order valence-electron chi connectivity index (χ2n) is 18.6. The molecule has 0 bridgehead atoms. The standard InChI is InChI=1S/C53H56N2/c1-33-20-23-39(51(5,6)7)31-44(33)45-32-40(52(8,9)10)27-29-54(45)55-28-26-38(47-34(2)16-15-17-35(47)3)30-46(55)48-36(4)21-24-43-42-25-22-37-18-13-14-19-41(37)49(42)53(11,12)50(43)48/h13-32H,1-12H3/q+2. The molecule has 7 aromatic rings. The van der Waals surface area contributed by atoms with Crippen molar-refractivity contribution in [2.75, 3.05) is 0 Å². The van der Waals surface area contributed by atoms with Gasteiger partial charge in [-0.3, -0.25) is 0 Å². The van der Waals surface area contributed by atoms with Gasteiger partial charge in [-0.05, 0) is 122 Å². The van der Waals surface area contributed by atoms with Crippen molar-refractivity contribution in [3.05, 3.63) is 166 Å². The molecule has 0 amide bonds. The van der Waals surface area contributed by atoms with E-state index < -0.39 is 0 Å². The number of hydrogen-bond acceptors (Lipinski definition) is 0. The van der Waals surface area contributed by atoms with E-state index in [1.54, 1.807) is 0 Å². The van der Waals surface area contributed by atoms with Crippen LogP contribution in [0.1, 0.15) is 99.9 Å². The van der Waals surface area contributed by atoms with Crippen LogP contribution in [0.3, 0.4) is 0 Å². The Morgan fingerprint density at radius 2 is 1.04 bits per heavy atom. The first-order valence-corrected chi connectivity index (χ1v) is 19.9. The number of pyridine rings is 2. The van der Waals surface area contributed by atoms with Gasteiger partial charge in [0.25, 0.3) is 11.4 Å². The third-order valence-corrected chi connectivity index (χ3v) is 12.3. The third kappa shape index (κ3) is 6.02. The normalized spacial score (nSPS) is 13.6. The van der Waals surface area contributed by atoms with Crippen molar-refractivity contribution >= 4 is 10.8 Å². The minimum absolute atomic E-state index is 0.0154. The van der Waals surface area contributed by atoms with Crippen molar-refractivity contribution < 1.29 is 9.35 Å². The summed E-state index contributed by atoms with van der Waals surface area (Å²) in [5.41, 5.74) is 20.5. The van der Waals surface area contributed by atoms with Crippen LogP contribution in [0.5, 0.6) is 0 Å². The van der Waals surface area contributed by atoms with Crippen LogP contribution in [0.15, 0.2) is 122 Å². The van der Waals surface area contributed by atoms with Crippen molar-refractivity contribution in [1.29, 1.82) is 0 Å². The molecule has 0 saturated carbocycles. The van der Waals surface area contributed by atoms with Gasteiger partial charge in [0.2, 0.25) is 12.4 Å². The number of nitrogens with zero attached hydrogens (tertiary/aromatic N) is 2. The van der Waals surface area contributed by atoms with Gasteiger partial charge < -0.3 is 0 Å². The Hall–Kier alpha value is -5.34. The van der Waals surface area contributed by atoms with E-state index in [2.05, 4.69) is 214 Å². The Kier molecular flexibility index (Phi) is 8.57. The van der Waals surface area contributed by atoms with Gasteiger partial charge >= 0.3 is 0 Å². The zero-order valence-corrected chi connectivity index (χ0v) is 34.9. The summed E-state index contributed by atoms with van der Waals surface area (Å²) in [6.07, 6.45) is 4.61. The first-order valence-electron chi connectivity index (χ1n) is 19.9. The van der Waals surface area contributed by atoms with Crippen LogP contribution in [0, 0.1) is 27.7 Å². The summed E-state index contributed by atoms with van der Waals surface area (Å²) in [5, 5.41) is 2.63. The fourth-order valence-electron chi connectivity index (χ4n) is 9.21. The van der Waals surface area contributed by atoms with Crippen molar-refractivity contribution in [1.82, 2.24) is 0 Å². The number of fused-ring (bicyclic) bond motifs is 5. The van der Waals surface area contributed by atoms with Gasteiger partial charge in [-0.25, -0.2) is 0 Å². The smallest absolute Gasteiger partial charge is 0.0617 e. The Labute approximate surface area is 329 Å². The molecule has 8 rings (SSSR count). The maximum Gasteiger partial charge on any atom is 0.285 e. The number of benzene rings is 5. The first-order chi connectivity index (χ1) is 26.0. The highest BCUT2D eigenvalue weighted by molar-refractivity contribution is 5.99. The summed E-state index contributed by atoms with van der Waals surface area (Å²) >= 11 is 0. The summed E-state index contributed by atoms with van der Waals surface area (Å²) in [4.78, 5) is 0. The predicted octanol–water partition coefficient (Wildman–Crippen LogP) is 12.9. The molecule has 1 aliphatic carbocycles. The zero-order chi connectivity index (χ0) is 39.2. The van der Waals surface area contributed by atoms with Crippen molar-refractivity contribution in [3.8, 4) is 44.8 Å². The van der Waals surface area contributed by atoms with Crippen molar-refractivity contribution in [2.24, 2.45) is 0 Å². The highest BCUT2D eigenvalue weighted by Crippen LogP contribution is 2.55. The van der Waals surface area contributed by atoms with Gasteiger partial charge in [0.1, 0.15) is 0 Å². The van der Waals surface area contributed by atoms with E-state index in [9.17, 15) is 0 Å². The molecule has 276 valence electrons. The maximum atomic E-state index is 2.46. The van der Waals surface area contributed by atoms with E-state index in [1.165, 1.54) is 100 Å². The highest BCUT2D eigenvalue weighted by Gasteiger charge is 2.43. The Balaban J connectivity index is 1.49. The molecule has 0 aliphatic heterocycles. The number of rotatable bonds is 4. The average Bonchev–Trinajstić information content (AvgIpc) is 3.37. The van der Waals surface area contributed by atoms with Crippen LogP contribution >= 0.6 is 0 Å². The van der Waals surface area contributed by atoms with Gasteiger partial charge in [-0.2, -0.15) is 0 Å². The Morgan fingerprint density at radius 1 is 0.455 bits per heavy atom. The van der Waals surface area contributed by atoms with Crippen molar-refractivity contribution in [3.63, 3.8) is 0 Å². The lowest BCUT2D eigenvalue weighted by Crippen LogP contribution is -2.68. The number of aromatic nitrogens is 2. The monoisotopic (exact) mass is 720 g/mol. The lowest BCUT2D eigenvalue weighted by Gasteiger charge is -2.25. The maximum absolute atomic E-state index is 2.46. The van der Waals surface area contributed by atoms with Gasteiger partial charge in [0.15, 0.2) is 0 Å². The molecule has 0 atom stereocenters. The van der Waals surface area contributed by atoms with Crippen LogP contribution in [0.25, 0.3) is 55.5 Å². The van der Waals surface area contributed by atoms with Crippen LogP contribution in [0.4, 0.5) is 0 Å².